The van der Waals surface area contributed by atoms with E-state index in [1.807, 2.05) is 6.92 Å². The summed E-state index contributed by atoms with van der Waals surface area (Å²) in [5.74, 6) is 0.303. The first-order chi connectivity index (χ1) is 11.5. The fraction of sp³-hybridized carbons (Fsp3) is 0.600. The number of ether oxygens (including phenoxy) is 1. The normalized spacial score (nSPS) is 11.1. The Kier molecular flexibility index (Phi) is 6.24. The van der Waals surface area contributed by atoms with Gasteiger partial charge in [-0.2, -0.15) is 0 Å². The molecule has 2 aromatic heterocycles. The van der Waals surface area contributed by atoms with E-state index >= 15 is 0 Å². The number of aryl methyl sites for hydroxylation is 1. The average molecular weight is 354 g/mol. The molecule has 2 heterocycles. The molecule has 0 saturated carbocycles. The van der Waals surface area contributed by atoms with Crippen LogP contribution in [-0.4, -0.2) is 37.4 Å². The van der Waals surface area contributed by atoms with Crippen LogP contribution in [0.5, 0.6) is 0 Å². The van der Waals surface area contributed by atoms with Crippen molar-refractivity contribution in [3.05, 3.63) is 20.8 Å². The Morgan fingerprint density at radius 1 is 1.29 bits per heavy atom. The van der Waals surface area contributed by atoms with E-state index < -0.39 is 17.2 Å². The van der Waals surface area contributed by atoms with Crippen molar-refractivity contribution in [2.45, 2.75) is 44.8 Å². The molecular weight excluding hydrogens is 332 g/mol. The summed E-state index contributed by atoms with van der Waals surface area (Å²) >= 11 is 1.40. The smallest absolute Gasteiger partial charge is 0.329 e. The fourth-order valence-corrected chi connectivity index (χ4v) is 3.03. The van der Waals surface area contributed by atoms with Crippen LogP contribution in [0.2, 0.25) is 0 Å². The Morgan fingerprint density at radius 3 is 2.71 bits per heavy atom. The first-order valence-corrected chi connectivity index (χ1v) is 8.96. The molecule has 0 atom stereocenters. The van der Waals surface area contributed by atoms with Crippen LogP contribution < -0.4 is 11.2 Å². The van der Waals surface area contributed by atoms with Crippen molar-refractivity contribution in [1.29, 1.82) is 0 Å². The molecule has 132 valence electrons. The van der Waals surface area contributed by atoms with E-state index in [9.17, 15) is 14.4 Å². The Hall–Kier alpha value is -2.03. The van der Waals surface area contributed by atoms with Gasteiger partial charge < -0.3 is 9.30 Å². The number of imidazole rings is 1. The number of hydrogen-bond donors (Lipinski definition) is 1. The fourth-order valence-electron chi connectivity index (χ4n) is 2.31. The predicted octanol–water partition coefficient (Wildman–Crippen LogP) is 1.27. The third-order valence-corrected chi connectivity index (χ3v) is 4.40. The number of hydrogen-bond acceptors (Lipinski definition) is 6. The zero-order valence-electron chi connectivity index (χ0n) is 14.1. The van der Waals surface area contributed by atoms with E-state index in [4.69, 9.17) is 4.74 Å². The molecule has 2 rings (SSSR count). The van der Waals surface area contributed by atoms with Crippen molar-refractivity contribution in [3.63, 3.8) is 0 Å². The summed E-state index contributed by atoms with van der Waals surface area (Å²) in [4.78, 5) is 42.6. The molecule has 0 aliphatic carbocycles. The number of carbonyl (C=O) groups is 1. The molecule has 9 heteroatoms. The maximum Gasteiger partial charge on any atom is 0.329 e. The van der Waals surface area contributed by atoms with Crippen molar-refractivity contribution < 1.29 is 9.53 Å². The molecule has 8 nitrogen and oxygen atoms in total. The van der Waals surface area contributed by atoms with Crippen LogP contribution in [0.15, 0.2) is 14.7 Å². The number of fused-ring (bicyclic) bond motifs is 1. The highest BCUT2D eigenvalue weighted by Crippen LogP contribution is 2.21. The number of nitrogens with one attached hydrogen (secondary N) is 1. The number of carbonyl (C=O) groups excluding carboxylic acids is 1. The highest BCUT2D eigenvalue weighted by atomic mass is 32.2. The molecule has 0 aliphatic rings. The molecule has 1 N–H and O–H groups in total. The number of unbranched alkanes of at least 4 members (excludes halogenated alkanes) is 2. The Labute approximate surface area is 143 Å². The van der Waals surface area contributed by atoms with E-state index in [0.717, 1.165) is 25.0 Å². The third kappa shape index (κ3) is 3.89. The number of aromatic amines is 1. The Bertz CT molecular complexity index is 836. The second-order valence-electron chi connectivity index (χ2n) is 5.33. The second kappa shape index (κ2) is 8.18. The summed E-state index contributed by atoms with van der Waals surface area (Å²) < 4.78 is 8.00. The minimum Gasteiger partial charge on any atom is -0.464 e. The topological polar surface area (TPSA) is 99.0 Å². The minimum absolute atomic E-state index is 0.105. The maximum atomic E-state index is 12.2. The van der Waals surface area contributed by atoms with Crippen molar-refractivity contribution in [2.24, 2.45) is 7.05 Å². The van der Waals surface area contributed by atoms with E-state index in [0.29, 0.717) is 11.8 Å². The highest BCUT2D eigenvalue weighted by Gasteiger charge is 2.19. The molecule has 0 saturated heterocycles. The first kappa shape index (κ1) is 18.3. The summed E-state index contributed by atoms with van der Waals surface area (Å²) in [5.41, 5.74) is -0.619. The molecule has 2 aromatic rings. The van der Waals surface area contributed by atoms with Crippen LogP contribution in [0, 0.1) is 0 Å². The summed E-state index contributed by atoms with van der Waals surface area (Å²) in [7, 11) is 1.53. The monoisotopic (exact) mass is 354 g/mol. The SMILES string of the molecule is CCCCCOC(=O)Cn1c(SCC)nc2c1c(=O)[nH]c(=O)n2C. The first-order valence-electron chi connectivity index (χ1n) is 7.97. The maximum absolute atomic E-state index is 12.2. The van der Waals surface area contributed by atoms with Gasteiger partial charge in [0.2, 0.25) is 0 Å². The van der Waals surface area contributed by atoms with Gasteiger partial charge in [0.05, 0.1) is 6.61 Å². The molecule has 0 aliphatic heterocycles. The lowest BCUT2D eigenvalue weighted by atomic mass is 10.3. The van der Waals surface area contributed by atoms with Crippen molar-refractivity contribution in [2.75, 3.05) is 12.4 Å². The number of rotatable bonds is 8. The molecule has 0 spiro atoms. The average Bonchev–Trinajstić information content (AvgIpc) is 2.89. The summed E-state index contributed by atoms with van der Waals surface area (Å²) in [6.07, 6.45) is 2.86. The van der Waals surface area contributed by atoms with Crippen LogP contribution in [-0.2, 0) is 23.1 Å². The van der Waals surface area contributed by atoms with Gasteiger partial charge in [-0.3, -0.25) is 19.1 Å². The van der Waals surface area contributed by atoms with Gasteiger partial charge >= 0.3 is 11.7 Å². The van der Waals surface area contributed by atoms with Gasteiger partial charge in [-0.15, -0.1) is 0 Å². The molecule has 0 amide bonds. The van der Waals surface area contributed by atoms with Gasteiger partial charge in [-0.25, -0.2) is 9.78 Å². The number of H-pyrrole nitrogens is 1. The molecule has 0 fully saturated rings. The van der Waals surface area contributed by atoms with Gasteiger partial charge in [0, 0.05) is 7.05 Å². The molecule has 0 unspecified atom stereocenters. The quantitative estimate of drug-likeness (QED) is 0.435. The van der Waals surface area contributed by atoms with Gasteiger partial charge in [0.15, 0.2) is 16.3 Å². The van der Waals surface area contributed by atoms with E-state index in [1.165, 1.54) is 27.9 Å². The lowest BCUT2D eigenvalue weighted by Crippen LogP contribution is -2.29. The Morgan fingerprint density at radius 2 is 2.04 bits per heavy atom. The zero-order valence-corrected chi connectivity index (χ0v) is 14.9. The van der Waals surface area contributed by atoms with E-state index in [1.54, 1.807) is 0 Å². The molecule has 0 radical (unpaired) electrons. The number of thioether (sulfide) groups is 1. The van der Waals surface area contributed by atoms with Crippen LogP contribution in [0.3, 0.4) is 0 Å². The molecule has 24 heavy (non-hydrogen) atoms. The standard InChI is InChI=1S/C15H22N4O4S/c1-4-6-7-8-23-10(20)9-19-11-12(16-15(19)24-5-2)18(3)14(22)17-13(11)21/h4-9H2,1-3H3,(H,17,21,22). The van der Waals surface area contributed by atoms with Gasteiger partial charge in [-0.05, 0) is 12.2 Å². The van der Waals surface area contributed by atoms with Crippen LogP contribution in [0.4, 0.5) is 0 Å². The van der Waals surface area contributed by atoms with Gasteiger partial charge in [-0.1, -0.05) is 38.5 Å². The predicted molar refractivity (Wildman–Crippen MR) is 92.5 cm³/mol. The zero-order chi connectivity index (χ0) is 17.7. The molecular formula is C15H22N4O4S. The molecule has 0 aromatic carbocycles. The summed E-state index contributed by atoms with van der Waals surface area (Å²) in [6.45, 7) is 4.28. The Balaban J connectivity index is 2.35. The minimum atomic E-state index is -0.553. The van der Waals surface area contributed by atoms with Crippen molar-refractivity contribution >= 4 is 28.9 Å². The van der Waals surface area contributed by atoms with Crippen LogP contribution in [0.1, 0.15) is 33.1 Å². The largest absolute Gasteiger partial charge is 0.464 e. The number of nitrogens with zero attached hydrogens (tertiary/aromatic N) is 3. The van der Waals surface area contributed by atoms with Crippen molar-refractivity contribution in [3.8, 4) is 0 Å². The highest BCUT2D eigenvalue weighted by molar-refractivity contribution is 7.99. The number of aromatic nitrogens is 4. The lowest BCUT2D eigenvalue weighted by Gasteiger charge is -2.08. The summed E-state index contributed by atoms with van der Waals surface area (Å²) in [6, 6.07) is 0. The molecule has 0 bridgehead atoms. The third-order valence-electron chi connectivity index (χ3n) is 3.54. The van der Waals surface area contributed by atoms with Gasteiger partial charge in [0.1, 0.15) is 6.54 Å². The number of esters is 1. The van der Waals surface area contributed by atoms with Crippen molar-refractivity contribution in [1.82, 2.24) is 19.1 Å². The summed E-state index contributed by atoms with van der Waals surface area (Å²) in [5, 5.41) is 0.518. The van der Waals surface area contributed by atoms with Crippen LogP contribution in [0.25, 0.3) is 11.2 Å². The van der Waals surface area contributed by atoms with Crippen LogP contribution >= 0.6 is 11.8 Å². The second-order valence-corrected chi connectivity index (χ2v) is 6.56. The lowest BCUT2D eigenvalue weighted by molar-refractivity contribution is -0.144. The van der Waals surface area contributed by atoms with Gasteiger partial charge in [0.25, 0.3) is 5.56 Å². The van der Waals surface area contributed by atoms with E-state index in [-0.39, 0.29) is 17.7 Å². The van der Waals surface area contributed by atoms with E-state index in [2.05, 4.69) is 16.9 Å².